The third kappa shape index (κ3) is 17.1. The summed E-state index contributed by atoms with van der Waals surface area (Å²) in [6.45, 7) is 11.7. The summed E-state index contributed by atoms with van der Waals surface area (Å²) in [5.41, 5.74) is -0.117. The van der Waals surface area contributed by atoms with Crippen molar-refractivity contribution in [3.8, 4) is 0 Å². The fraction of sp³-hybridized carbons (Fsp3) is 0.625. The van der Waals surface area contributed by atoms with Crippen molar-refractivity contribution in [1.29, 1.82) is 0 Å². The molecule has 434 valence electrons. The van der Waals surface area contributed by atoms with Gasteiger partial charge < -0.3 is 25.2 Å². The van der Waals surface area contributed by atoms with E-state index in [1.807, 2.05) is 0 Å². The maximum Gasteiger partial charge on any atom is 0.289 e. The van der Waals surface area contributed by atoms with Crippen LogP contribution in [0.15, 0.2) is 69.3 Å². The van der Waals surface area contributed by atoms with Crippen molar-refractivity contribution in [1.82, 2.24) is 43.8 Å². The van der Waals surface area contributed by atoms with Crippen LogP contribution in [0.25, 0.3) is 11.0 Å². The van der Waals surface area contributed by atoms with E-state index in [2.05, 4.69) is 42.0 Å². The second kappa shape index (κ2) is 29.7. The van der Waals surface area contributed by atoms with Gasteiger partial charge in [-0.1, -0.05) is 47.3 Å². The molecule has 0 amide bonds. The first kappa shape index (κ1) is 63.2. The zero-order valence-electron chi connectivity index (χ0n) is 43.5. The van der Waals surface area contributed by atoms with Gasteiger partial charge in [-0.15, -0.1) is 5.10 Å². The Kier molecular flexibility index (Phi) is 24.1. The average Bonchev–Trinajstić information content (AvgIpc) is 3.85. The number of sulfonamides is 2. The molecule has 3 aromatic carbocycles. The molecule has 0 aliphatic carbocycles. The van der Waals surface area contributed by atoms with Crippen molar-refractivity contribution < 1.29 is 40.3 Å². The summed E-state index contributed by atoms with van der Waals surface area (Å²) >= 11 is 11.2. The minimum atomic E-state index is -3.97. The van der Waals surface area contributed by atoms with E-state index in [-0.39, 0.29) is 30.4 Å². The number of nitrogens with two attached hydrogens (primary N) is 2. The number of fused-ring (bicyclic) bond motifs is 1. The second-order valence-corrected chi connectivity index (χ2v) is 27.1. The minimum Gasteiger partial charge on any atom is -0.410 e. The molecule has 78 heavy (non-hydrogen) atoms. The number of nitro groups is 2. The number of hydrogen-bond donors (Lipinski definition) is 4. The van der Waals surface area contributed by atoms with Crippen LogP contribution in [-0.2, 0) is 29.1 Å². The predicted molar refractivity (Wildman–Crippen MR) is 298 cm³/mol. The zero-order valence-corrected chi connectivity index (χ0v) is 48.3. The maximum atomic E-state index is 12.9. The molecule has 7 heterocycles. The Morgan fingerprint density at radius 3 is 1.29 bits per heavy atom. The van der Waals surface area contributed by atoms with Crippen LogP contribution in [0.2, 0.25) is 10.0 Å². The number of rotatable bonds is 10. The molecule has 0 unspecified atom stereocenters. The van der Waals surface area contributed by atoms with E-state index in [1.54, 1.807) is 10.4 Å². The Morgan fingerprint density at radius 1 is 0.538 bits per heavy atom. The molecule has 10 rings (SSSR count). The molecule has 0 saturated carbocycles. The number of aromatic nitrogens is 3. The van der Waals surface area contributed by atoms with E-state index in [4.69, 9.17) is 33.9 Å². The van der Waals surface area contributed by atoms with Crippen LogP contribution in [0.3, 0.4) is 0 Å². The van der Waals surface area contributed by atoms with Crippen molar-refractivity contribution in [2.24, 2.45) is 11.7 Å². The number of nitrogens with zero attached hydrogens (tertiary/aromatic N) is 10. The Bertz CT molecular complexity index is 2930. The number of piperidine rings is 6. The quantitative estimate of drug-likeness (QED) is 0.0438. The first-order chi connectivity index (χ1) is 37.2. The van der Waals surface area contributed by atoms with Crippen LogP contribution >= 0.6 is 33.9 Å². The smallest absolute Gasteiger partial charge is 0.289 e. The fourth-order valence-electron chi connectivity index (χ4n) is 10.8. The van der Waals surface area contributed by atoms with Gasteiger partial charge in [0.1, 0.15) is 21.1 Å². The molecule has 1 aromatic heterocycles. The number of likely N-dealkylation sites (tertiary alicyclic amines) is 3. The van der Waals surface area contributed by atoms with Crippen LogP contribution in [0, 0.1) is 20.2 Å². The van der Waals surface area contributed by atoms with E-state index in [0.717, 1.165) is 82.2 Å². The fourth-order valence-corrected chi connectivity index (χ4v) is 15.0. The van der Waals surface area contributed by atoms with E-state index >= 15 is 0 Å². The molecule has 30 heteroatoms. The van der Waals surface area contributed by atoms with Crippen LogP contribution < -0.4 is 17.0 Å². The van der Waals surface area contributed by atoms with Crippen LogP contribution in [0.1, 0.15) is 96.3 Å². The summed E-state index contributed by atoms with van der Waals surface area (Å²) in [6.07, 6.45) is 17.9. The third-order valence-electron chi connectivity index (χ3n) is 15.1. The summed E-state index contributed by atoms with van der Waals surface area (Å²) in [6, 6.07) is 13.0. The van der Waals surface area contributed by atoms with Gasteiger partial charge in [0, 0.05) is 67.1 Å². The normalized spacial score (nSPS) is 20.4. The van der Waals surface area contributed by atoms with Crippen molar-refractivity contribution in [2.45, 2.75) is 129 Å². The molecule has 0 radical (unpaired) electrons. The van der Waals surface area contributed by atoms with Gasteiger partial charge in [0.25, 0.3) is 20.4 Å². The lowest BCUT2D eigenvalue weighted by molar-refractivity contribution is -0.385. The van der Waals surface area contributed by atoms with Crippen molar-refractivity contribution in [3.63, 3.8) is 0 Å². The topological polar surface area (TPSA) is 320 Å². The molecule has 0 bridgehead atoms. The van der Waals surface area contributed by atoms with E-state index in [0.29, 0.717) is 54.1 Å². The third-order valence-corrected chi connectivity index (χ3v) is 20.8. The van der Waals surface area contributed by atoms with Crippen LogP contribution in [0.4, 0.5) is 11.4 Å². The number of nitro benzene ring substituents is 2. The highest BCUT2D eigenvalue weighted by atomic mass is 35.7. The minimum absolute atomic E-state index is 0.0623. The van der Waals surface area contributed by atoms with Crippen LogP contribution in [0.5, 0.6) is 0 Å². The molecule has 6 N–H and O–H groups in total. The molecule has 24 nitrogen and oxygen atoms in total. The summed E-state index contributed by atoms with van der Waals surface area (Å²) in [5, 5.41) is 41.5. The molecule has 6 saturated heterocycles. The average molecular weight is 1210 g/mol. The van der Waals surface area contributed by atoms with E-state index in [9.17, 15) is 50.7 Å². The molecule has 4 aromatic rings. The molecule has 6 aliphatic heterocycles. The number of halogens is 3. The highest BCUT2D eigenvalue weighted by Crippen LogP contribution is 2.32. The lowest BCUT2D eigenvalue weighted by atomic mass is 10.0. The summed E-state index contributed by atoms with van der Waals surface area (Å²) in [7, 11) is -6.28. The van der Waals surface area contributed by atoms with Gasteiger partial charge in [-0.3, -0.25) is 31.9 Å². The Balaban J connectivity index is 0.000000174. The second-order valence-electron chi connectivity index (χ2n) is 19.8. The molecule has 6 fully saturated rings. The predicted octanol–water partition coefficient (Wildman–Crippen LogP) is 6.41. The van der Waals surface area contributed by atoms with Gasteiger partial charge in [0.15, 0.2) is 0 Å². The van der Waals surface area contributed by atoms with E-state index < -0.39 is 44.6 Å². The van der Waals surface area contributed by atoms with Gasteiger partial charge in [-0.25, -0.2) is 25.3 Å². The molecular formula is C48H72Cl3N13O11S3. The highest BCUT2D eigenvalue weighted by molar-refractivity contribution is 8.13. The first-order valence-electron chi connectivity index (χ1n) is 26.4. The molecule has 0 spiro atoms. The van der Waals surface area contributed by atoms with Crippen molar-refractivity contribution in [2.75, 3.05) is 78.5 Å². The molecular weight excluding hydrogens is 1140 g/mol. The van der Waals surface area contributed by atoms with Gasteiger partial charge in [0.2, 0.25) is 20.0 Å². The Hall–Kier alpha value is -3.94. The largest absolute Gasteiger partial charge is 0.410 e. The highest BCUT2D eigenvalue weighted by Gasteiger charge is 2.35. The summed E-state index contributed by atoms with van der Waals surface area (Å²) in [4.78, 5) is 28.0. The Morgan fingerprint density at radius 2 is 0.897 bits per heavy atom. The summed E-state index contributed by atoms with van der Waals surface area (Å²) in [5.74, 6) is 8.00. The SMILES string of the molecule is C1CCN(C2CCNCC2)CC1.NN.O=S(=O)(c1ccc2nnn(O)c2c1)N1CCC(N2CCCCC2)CC1.O=[N+]([O-])c1cc(S(=O)(=O)Cl)ccc1Cl.O=[N+]([O-])c1cc(S(=O)(=O)N2CCC(N3CCCCC3)CC2)ccc1Cl. The van der Waals surface area contributed by atoms with Crippen molar-refractivity contribution >= 4 is 85.4 Å². The zero-order chi connectivity index (χ0) is 56.6. The Labute approximate surface area is 471 Å². The first-order valence-corrected chi connectivity index (χ1v) is 32.3. The lowest BCUT2D eigenvalue weighted by Crippen LogP contribution is -2.48. The van der Waals surface area contributed by atoms with E-state index in [1.165, 1.54) is 125 Å². The van der Waals surface area contributed by atoms with Crippen molar-refractivity contribution in [3.05, 3.63) is 84.9 Å². The summed E-state index contributed by atoms with van der Waals surface area (Å²) < 4.78 is 76.1. The number of nitrogens with one attached hydrogen (secondary N) is 1. The standard InChI is InChI=1S/C16H22ClN3O4S.C16H23N5O3S.C10H20N2.C6H3Cl2NO4S.H4N2/c17-15-5-4-14(12-16(15)20(21)22)25(23,24)19-10-6-13(7-11-19)18-8-2-1-3-9-18;22-21-16-12-14(4-5-15(16)17-18-21)25(23,24)20-10-6-13(7-11-20)19-8-2-1-3-9-19;1-2-8-12(9-3-1)10-4-6-11-7-5-10;7-5-2-1-4(14(8,12)13)3-6(5)9(10)11;1-2/h4-5,12-13H,1-3,6-11H2;4-5,12-13,22H,1-3,6-11H2;10-11H,1-9H2;1-3H;1-2H2. The number of benzene rings is 3. The molecule has 6 aliphatic rings. The van der Waals surface area contributed by atoms with Gasteiger partial charge >= 0.3 is 0 Å². The van der Waals surface area contributed by atoms with Gasteiger partial charge in [0.05, 0.1) is 24.5 Å². The number of hydrazine groups is 1. The van der Waals surface area contributed by atoms with Crippen LogP contribution in [-0.4, -0.2) is 175 Å². The van der Waals surface area contributed by atoms with Gasteiger partial charge in [-0.05, 0) is 177 Å². The number of hydrogen-bond acceptors (Lipinski definition) is 19. The van der Waals surface area contributed by atoms with Gasteiger partial charge in [-0.2, -0.15) is 8.61 Å². The molecule has 0 atom stereocenters. The lowest BCUT2D eigenvalue weighted by Gasteiger charge is -2.39. The monoisotopic (exact) mass is 1210 g/mol. The maximum absolute atomic E-state index is 12.9.